The first-order valence-electron chi connectivity index (χ1n) is 7.27. The minimum atomic E-state index is 0.507. The lowest BCUT2D eigenvalue weighted by atomic mass is 10.1. The van der Waals surface area contributed by atoms with Crippen molar-refractivity contribution < 1.29 is 0 Å². The zero-order valence-electron chi connectivity index (χ0n) is 11.5. The lowest BCUT2D eigenvalue weighted by molar-refractivity contribution is 0.181. The van der Waals surface area contributed by atoms with Gasteiger partial charge in [0.05, 0.1) is 11.0 Å². The van der Waals surface area contributed by atoms with E-state index in [4.69, 9.17) is 23.8 Å². The van der Waals surface area contributed by atoms with E-state index in [0.717, 1.165) is 34.3 Å². The molecule has 4 rings (SSSR count). The predicted octanol–water partition coefficient (Wildman–Crippen LogP) is 3.97. The van der Waals surface area contributed by atoms with Gasteiger partial charge in [-0.2, -0.15) is 0 Å². The maximum Gasteiger partial charge on any atom is 0.178 e. The Kier molecular flexibility index (Phi) is 2.95. The van der Waals surface area contributed by atoms with Crippen LogP contribution in [0.1, 0.15) is 25.3 Å². The average Bonchev–Trinajstić information content (AvgIpc) is 3.15. The van der Waals surface area contributed by atoms with Crippen LogP contribution in [0.5, 0.6) is 0 Å². The van der Waals surface area contributed by atoms with Crippen LogP contribution in [-0.2, 0) is 13.1 Å². The number of nitrogens with zero attached hydrogens (tertiary/aromatic N) is 2. The van der Waals surface area contributed by atoms with Crippen molar-refractivity contribution in [1.29, 1.82) is 0 Å². The lowest BCUT2D eigenvalue weighted by Gasteiger charge is -2.27. The highest BCUT2D eigenvalue weighted by molar-refractivity contribution is 7.71. The van der Waals surface area contributed by atoms with Crippen LogP contribution in [0.2, 0.25) is 5.02 Å². The number of halogens is 1. The summed E-state index contributed by atoms with van der Waals surface area (Å²) in [6, 6.07) is 4.59. The first-order chi connectivity index (χ1) is 9.61. The number of H-pyrrole nitrogens is 1. The molecule has 1 aliphatic heterocycles. The molecular formula is C15H18ClN3S. The van der Waals surface area contributed by atoms with Crippen LogP contribution in [0.4, 0.5) is 0 Å². The second-order valence-electron chi connectivity index (χ2n) is 6.22. The zero-order valence-corrected chi connectivity index (χ0v) is 13.1. The van der Waals surface area contributed by atoms with Gasteiger partial charge in [0.15, 0.2) is 4.77 Å². The largest absolute Gasteiger partial charge is 0.331 e. The average molecular weight is 308 g/mol. The SMILES string of the molecule is C[C@@H]1Cn2c(=S)[nH]c3cc(Cl)cc(c32)CN1CC1CC1. The van der Waals surface area contributed by atoms with E-state index in [1.54, 1.807) is 0 Å². The van der Waals surface area contributed by atoms with Crippen LogP contribution in [-0.4, -0.2) is 27.0 Å². The van der Waals surface area contributed by atoms with Gasteiger partial charge in [-0.05, 0) is 55.6 Å². The molecule has 1 aromatic heterocycles. The fourth-order valence-electron chi connectivity index (χ4n) is 3.28. The van der Waals surface area contributed by atoms with E-state index in [1.807, 2.05) is 6.07 Å². The molecule has 2 heterocycles. The fourth-order valence-corrected chi connectivity index (χ4v) is 3.80. The van der Waals surface area contributed by atoms with Crippen LogP contribution < -0.4 is 0 Å². The third-order valence-corrected chi connectivity index (χ3v) is 5.08. The summed E-state index contributed by atoms with van der Waals surface area (Å²) in [4.78, 5) is 5.88. The first-order valence-corrected chi connectivity index (χ1v) is 8.05. The summed E-state index contributed by atoms with van der Waals surface area (Å²) in [6.07, 6.45) is 2.78. The van der Waals surface area contributed by atoms with Gasteiger partial charge in [0.2, 0.25) is 0 Å². The van der Waals surface area contributed by atoms with Crippen molar-refractivity contribution in [2.75, 3.05) is 6.54 Å². The Morgan fingerprint density at radius 2 is 2.20 bits per heavy atom. The summed E-state index contributed by atoms with van der Waals surface area (Å²) < 4.78 is 3.05. The van der Waals surface area contributed by atoms with Gasteiger partial charge in [-0.25, -0.2) is 0 Å². The highest BCUT2D eigenvalue weighted by Gasteiger charge is 2.29. The Labute approximate surface area is 128 Å². The molecule has 0 amide bonds. The van der Waals surface area contributed by atoms with E-state index in [2.05, 4.69) is 27.4 Å². The second kappa shape index (κ2) is 4.58. The number of nitrogens with one attached hydrogen (secondary N) is 1. The lowest BCUT2D eigenvalue weighted by Crippen LogP contribution is -2.35. The molecule has 1 aromatic carbocycles. The maximum absolute atomic E-state index is 6.26. The van der Waals surface area contributed by atoms with Gasteiger partial charge in [0.1, 0.15) is 0 Å². The summed E-state index contributed by atoms with van der Waals surface area (Å²) in [7, 11) is 0. The van der Waals surface area contributed by atoms with Crippen molar-refractivity contribution in [3.05, 3.63) is 27.5 Å². The quantitative estimate of drug-likeness (QED) is 0.849. The van der Waals surface area contributed by atoms with Crippen molar-refractivity contribution in [1.82, 2.24) is 14.5 Å². The van der Waals surface area contributed by atoms with E-state index in [1.165, 1.54) is 30.5 Å². The molecular weight excluding hydrogens is 290 g/mol. The molecule has 0 radical (unpaired) electrons. The molecule has 106 valence electrons. The Morgan fingerprint density at radius 3 is 2.95 bits per heavy atom. The fraction of sp³-hybridized carbons (Fsp3) is 0.533. The number of hydrogen-bond acceptors (Lipinski definition) is 2. The van der Waals surface area contributed by atoms with E-state index < -0.39 is 0 Å². The number of aromatic nitrogens is 2. The van der Waals surface area contributed by atoms with Gasteiger partial charge in [0.25, 0.3) is 0 Å². The second-order valence-corrected chi connectivity index (χ2v) is 7.05. The number of aromatic amines is 1. The van der Waals surface area contributed by atoms with E-state index in [-0.39, 0.29) is 0 Å². The molecule has 0 unspecified atom stereocenters. The van der Waals surface area contributed by atoms with Crippen LogP contribution in [0, 0.1) is 10.7 Å². The Hall–Kier alpha value is -0.840. The number of rotatable bonds is 2. The molecule has 2 aliphatic rings. The van der Waals surface area contributed by atoms with Crippen LogP contribution in [0.15, 0.2) is 12.1 Å². The maximum atomic E-state index is 6.26. The monoisotopic (exact) mass is 307 g/mol. The summed E-state index contributed by atoms with van der Waals surface area (Å²) in [5.41, 5.74) is 3.60. The molecule has 20 heavy (non-hydrogen) atoms. The normalized spacial score (nSPS) is 23.2. The molecule has 0 bridgehead atoms. The van der Waals surface area contributed by atoms with Crippen molar-refractivity contribution in [2.24, 2.45) is 5.92 Å². The van der Waals surface area contributed by atoms with Crippen molar-refractivity contribution in [2.45, 2.75) is 38.9 Å². The third-order valence-electron chi connectivity index (χ3n) is 4.54. The summed E-state index contributed by atoms with van der Waals surface area (Å²) >= 11 is 11.7. The van der Waals surface area contributed by atoms with Crippen LogP contribution in [0.3, 0.4) is 0 Å². The molecule has 3 nitrogen and oxygen atoms in total. The van der Waals surface area contributed by atoms with E-state index in [9.17, 15) is 0 Å². The van der Waals surface area contributed by atoms with Gasteiger partial charge in [-0.3, -0.25) is 4.90 Å². The summed E-state index contributed by atoms with van der Waals surface area (Å²) in [6.45, 7) is 5.44. The van der Waals surface area contributed by atoms with Crippen molar-refractivity contribution in [3.8, 4) is 0 Å². The zero-order chi connectivity index (χ0) is 13.9. The van der Waals surface area contributed by atoms with Crippen LogP contribution >= 0.6 is 23.8 Å². The molecule has 1 aliphatic carbocycles. The molecule has 0 saturated heterocycles. The van der Waals surface area contributed by atoms with Gasteiger partial charge in [-0.15, -0.1) is 0 Å². The molecule has 1 atom stereocenters. The Morgan fingerprint density at radius 1 is 1.40 bits per heavy atom. The van der Waals surface area contributed by atoms with E-state index >= 15 is 0 Å². The van der Waals surface area contributed by atoms with Gasteiger partial charge < -0.3 is 9.55 Å². The van der Waals surface area contributed by atoms with Gasteiger partial charge in [0, 0.05) is 30.7 Å². The summed E-state index contributed by atoms with van der Waals surface area (Å²) in [5.74, 6) is 0.902. The molecule has 2 aromatic rings. The highest BCUT2D eigenvalue weighted by Crippen LogP contribution is 2.34. The molecule has 1 fully saturated rings. The first kappa shape index (κ1) is 12.9. The van der Waals surface area contributed by atoms with Gasteiger partial charge in [-0.1, -0.05) is 11.6 Å². The molecule has 0 spiro atoms. The predicted molar refractivity (Wildman–Crippen MR) is 84.7 cm³/mol. The molecule has 5 heteroatoms. The Bertz CT molecular complexity index is 729. The third kappa shape index (κ3) is 2.10. The summed E-state index contributed by atoms with van der Waals surface area (Å²) in [5, 5.41) is 0.789. The Balaban J connectivity index is 1.85. The molecule has 1 saturated carbocycles. The topological polar surface area (TPSA) is 24.0 Å². The van der Waals surface area contributed by atoms with Crippen molar-refractivity contribution >= 4 is 34.9 Å². The minimum absolute atomic E-state index is 0.507. The van der Waals surface area contributed by atoms with E-state index in [0.29, 0.717) is 6.04 Å². The smallest absolute Gasteiger partial charge is 0.178 e. The number of hydrogen-bond donors (Lipinski definition) is 1. The number of benzene rings is 1. The number of imidazole rings is 1. The van der Waals surface area contributed by atoms with Gasteiger partial charge >= 0.3 is 0 Å². The highest BCUT2D eigenvalue weighted by atomic mass is 35.5. The molecule has 1 N–H and O–H groups in total. The van der Waals surface area contributed by atoms with Crippen molar-refractivity contribution in [3.63, 3.8) is 0 Å². The van der Waals surface area contributed by atoms with Crippen LogP contribution in [0.25, 0.3) is 11.0 Å². The minimum Gasteiger partial charge on any atom is -0.331 e. The standard InChI is InChI=1S/C15H18ClN3S/c1-9-6-19-14-11(8-18(9)7-10-2-3-10)4-12(16)5-13(14)17-15(19)20/h4-5,9-10H,2-3,6-8H2,1H3,(H,17,20)/t9-/m1/s1.